The van der Waals surface area contributed by atoms with E-state index in [1.54, 1.807) is 13.8 Å². The Kier molecular flexibility index (Phi) is 2.17. The van der Waals surface area contributed by atoms with E-state index in [4.69, 9.17) is 5.26 Å². The topological polar surface area (TPSA) is 57.9 Å². The van der Waals surface area contributed by atoms with Gasteiger partial charge in [-0.25, -0.2) is 8.42 Å². The van der Waals surface area contributed by atoms with Crippen molar-refractivity contribution in [1.82, 2.24) is 0 Å². The molecule has 0 aliphatic carbocycles. The van der Waals surface area contributed by atoms with Crippen LogP contribution in [0.4, 0.5) is 0 Å². The van der Waals surface area contributed by atoms with Crippen LogP contribution in [0, 0.1) is 17.2 Å². The lowest BCUT2D eigenvalue weighted by molar-refractivity contribution is 0.429. The second kappa shape index (κ2) is 2.74. The first-order valence-electron chi connectivity index (χ1n) is 4.01. The summed E-state index contributed by atoms with van der Waals surface area (Å²) in [5.74, 6) is 0.263. The van der Waals surface area contributed by atoms with Gasteiger partial charge in [0, 0.05) is 6.42 Å². The minimum absolute atomic E-state index is 0.0208. The third-order valence-electron chi connectivity index (χ3n) is 2.86. The van der Waals surface area contributed by atoms with E-state index >= 15 is 0 Å². The Labute approximate surface area is 73.3 Å². The van der Waals surface area contributed by atoms with Crippen LogP contribution in [0.15, 0.2) is 0 Å². The molecule has 1 atom stereocenters. The largest absolute Gasteiger partial charge is 0.228 e. The van der Waals surface area contributed by atoms with E-state index in [1.807, 2.05) is 6.07 Å². The highest BCUT2D eigenvalue weighted by molar-refractivity contribution is 7.93. The molecule has 1 rings (SSSR count). The summed E-state index contributed by atoms with van der Waals surface area (Å²) < 4.78 is 22.2. The van der Waals surface area contributed by atoms with Crippen molar-refractivity contribution < 1.29 is 8.42 Å². The Bertz CT molecular complexity index is 310. The van der Waals surface area contributed by atoms with Gasteiger partial charge in [0.05, 0.1) is 16.6 Å². The van der Waals surface area contributed by atoms with Crippen molar-refractivity contribution in [2.45, 2.75) is 31.4 Å². The van der Waals surface area contributed by atoms with E-state index in [0.717, 1.165) is 0 Å². The van der Waals surface area contributed by atoms with Gasteiger partial charge in [-0.2, -0.15) is 5.26 Å². The molecular formula is C8H13NO2S. The Morgan fingerprint density at radius 3 is 2.50 bits per heavy atom. The van der Waals surface area contributed by atoms with Crippen LogP contribution in [0.25, 0.3) is 0 Å². The first-order valence-corrected chi connectivity index (χ1v) is 5.66. The third kappa shape index (κ3) is 1.22. The molecule has 0 spiro atoms. The van der Waals surface area contributed by atoms with Gasteiger partial charge in [0.25, 0.3) is 0 Å². The summed E-state index contributed by atoms with van der Waals surface area (Å²) in [5, 5.41) is 8.48. The van der Waals surface area contributed by atoms with Crippen LogP contribution in [-0.4, -0.2) is 18.9 Å². The zero-order valence-corrected chi connectivity index (χ0v) is 8.19. The maximum absolute atomic E-state index is 11.5. The molecule has 0 aromatic rings. The van der Waals surface area contributed by atoms with Gasteiger partial charge >= 0.3 is 0 Å². The lowest BCUT2D eigenvalue weighted by Gasteiger charge is -2.23. The molecule has 68 valence electrons. The number of hydrogen-bond donors (Lipinski definition) is 0. The molecule has 0 radical (unpaired) electrons. The minimum Gasteiger partial charge on any atom is -0.228 e. The molecule has 0 amide bonds. The summed E-state index contributed by atoms with van der Waals surface area (Å²) in [7, 11) is -2.95. The predicted octanol–water partition coefficient (Wildman–Crippen LogP) is 1.11. The summed E-state index contributed by atoms with van der Waals surface area (Å²) >= 11 is 0. The molecule has 12 heavy (non-hydrogen) atoms. The van der Waals surface area contributed by atoms with Gasteiger partial charge in [0.1, 0.15) is 0 Å². The number of hydrogen-bond acceptors (Lipinski definition) is 3. The second-order valence-corrected chi connectivity index (χ2v) is 6.46. The molecule has 0 aromatic carbocycles. The summed E-state index contributed by atoms with van der Waals surface area (Å²) in [6.07, 6.45) is 0.995. The van der Waals surface area contributed by atoms with Crippen LogP contribution in [0.3, 0.4) is 0 Å². The Balaban J connectivity index is 2.95. The molecule has 3 nitrogen and oxygen atoms in total. The highest BCUT2D eigenvalue weighted by Gasteiger charge is 2.46. The van der Waals surface area contributed by atoms with E-state index in [9.17, 15) is 8.42 Å². The maximum atomic E-state index is 11.5. The number of rotatable bonds is 1. The SMILES string of the molecule is CC1(C)C(CC#N)CCS1(=O)=O. The van der Waals surface area contributed by atoms with Crippen molar-refractivity contribution >= 4 is 9.84 Å². The van der Waals surface area contributed by atoms with Gasteiger partial charge in [-0.05, 0) is 26.2 Å². The lowest BCUT2D eigenvalue weighted by Crippen LogP contribution is -2.33. The minimum atomic E-state index is -2.95. The predicted molar refractivity (Wildman–Crippen MR) is 46.2 cm³/mol. The lowest BCUT2D eigenvalue weighted by atomic mass is 9.90. The molecule has 1 heterocycles. The van der Waals surface area contributed by atoms with Crippen LogP contribution < -0.4 is 0 Å². The molecule has 0 saturated carbocycles. The summed E-state index contributed by atoms with van der Waals surface area (Å²) in [5.41, 5.74) is 0. The quantitative estimate of drug-likeness (QED) is 0.618. The molecule has 1 unspecified atom stereocenters. The van der Waals surface area contributed by atoms with Crippen molar-refractivity contribution in [2.75, 3.05) is 5.75 Å². The zero-order chi connectivity index (χ0) is 9.41. The number of nitrogens with zero attached hydrogens (tertiary/aromatic N) is 1. The van der Waals surface area contributed by atoms with E-state index in [1.165, 1.54) is 0 Å². The van der Waals surface area contributed by atoms with E-state index in [2.05, 4.69) is 0 Å². The molecular weight excluding hydrogens is 174 g/mol. The normalized spacial score (nSPS) is 31.2. The Morgan fingerprint density at radius 2 is 2.17 bits per heavy atom. The maximum Gasteiger partial charge on any atom is 0.155 e. The van der Waals surface area contributed by atoms with Crippen LogP contribution in [0.1, 0.15) is 26.7 Å². The average Bonchev–Trinajstić information content (AvgIpc) is 2.13. The molecule has 4 heteroatoms. The van der Waals surface area contributed by atoms with Crippen molar-refractivity contribution in [1.29, 1.82) is 5.26 Å². The van der Waals surface area contributed by atoms with Gasteiger partial charge in [0.15, 0.2) is 9.84 Å². The van der Waals surface area contributed by atoms with Crippen LogP contribution in [0.2, 0.25) is 0 Å². The van der Waals surface area contributed by atoms with Crippen LogP contribution in [0.5, 0.6) is 0 Å². The Morgan fingerprint density at radius 1 is 1.58 bits per heavy atom. The number of sulfone groups is 1. The first kappa shape index (κ1) is 9.53. The van der Waals surface area contributed by atoms with Crippen molar-refractivity contribution in [3.63, 3.8) is 0 Å². The van der Waals surface area contributed by atoms with Gasteiger partial charge in [-0.1, -0.05) is 0 Å². The van der Waals surface area contributed by atoms with Gasteiger partial charge < -0.3 is 0 Å². The third-order valence-corrected chi connectivity index (χ3v) is 5.57. The fourth-order valence-corrected chi connectivity index (χ4v) is 3.45. The van der Waals surface area contributed by atoms with Crippen molar-refractivity contribution in [3.05, 3.63) is 0 Å². The fraction of sp³-hybridized carbons (Fsp3) is 0.875. The molecule has 1 aliphatic heterocycles. The molecule has 1 aliphatic rings. The smallest absolute Gasteiger partial charge is 0.155 e. The summed E-state index contributed by atoms with van der Waals surface area (Å²) in [4.78, 5) is 0. The molecule has 0 bridgehead atoms. The van der Waals surface area contributed by atoms with Gasteiger partial charge in [-0.3, -0.25) is 0 Å². The molecule has 1 saturated heterocycles. The van der Waals surface area contributed by atoms with Crippen molar-refractivity contribution in [2.24, 2.45) is 5.92 Å². The monoisotopic (exact) mass is 187 g/mol. The van der Waals surface area contributed by atoms with E-state index in [0.29, 0.717) is 12.8 Å². The summed E-state index contributed by atoms with van der Waals surface area (Å²) in [6.45, 7) is 3.44. The van der Waals surface area contributed by atoms with Crippen LogP contribution in [-0.2, 0) is 9.84 Å². The first-order chi connectivity index (χ1) is 5.42. The van der Waals surface area contributed by atoms with Crippen LogP contribution >= 0.6 is 0 Å². The molecule has 0 aromatic heterocycles. The van der Waals surface area contributed by atoms with Gasteiger partial charge in [-0.15, -0.1) is 0 Å². The average molecular weight is 187 g/mol. The second-order valence-electron chi connectivity index (χ2n) is 3.77. The van der Waals surface area contributed by atoms with E-state index in [-0.39, 0.29) is 11.7 Å². The standard InChI is InChI=1S/C8H13NO2S/c1-8(2)7(3-5-9)4-6-12(8,10)11/h7H,3-4,6H2,1-2H3. The van der Waals surface area contributed by atoms with Gasteiger partial charge in [0.2, 0.25) is 0 Å². The highest BCUT2D eigenvalue weighted by Crippen LogP contribution is 2.38. The van der Waals surface area contributed by atoms with Crippen molar-refractivity contribution in [3.8, 4) is 6.07 Å². The zero-order valence-electron chi connectivity index (χ0n) is 7.37. The Hall–Kier alpha value is -0.560. The highest BCUT2D eigenvalue weighted by atomic mass is 32.2. The molecule has 1 fully saturated rings. The summed E-state index contributed by atoms with van der Waals surface area (Å²) in [6, 6.07) is 2.04. The molecule has 0 N–H and O–H groups in total. The number of nitriles is 1. The fourth-order valence-electron chi connectivity index (χ4n) is 1.62. The van der Waals surface area contributed by atoms with E-state index < -0.39 is 14.6 Å².